The second-order valence-electron chi connectivity index (χ2n) is 5.61. The molecule has 0 aliphatic heterocycles. The number of aromatic hydroxyl groups is 4. The number of phenols is 2. The number of hydrogen-bond acceptors (Lipinski definition) is 5. The van der Waals surface area contributed by atoms with Crippen molar-refractivity contribution in [3.8, 4) is 23.3 Å². The molecular formula is C16H14N2O4. The third-order valence-corrected chi connectivity index (χ3v) is 4.32. The Kier molecular flexibility index (Phi) is 2.51. The fourth-order valence-electron chi connectivity index (χ4n) is 3.28. The molecule has 6 heteroatoms. The van der Waals surface area contributed by atoms with Gasteiger partial charge in [0.2, 0.25) is 11.8 Å². The number of fused-ring (bicyclic) bond motifs is 5. The van der Waals surface area contributed by atoms with Crippen LogP contribution in [0.15, 0.2) is 35.5 Å². The molecule has 2 aliphatic rings. The Labute approximate surface area is 125 Å². The van der Waals surface area contributed by atoms with E-state index in [0.717, 1.165) is 22.2 Å². The molecule has 1 heterocycles. The van der Waals surface area contributed by atoms with Crippen LogP contribution in [0.1, 0.15) is 34.9 Å². The van der Waals surface area contributed by atoms with Crippen molar-refractivity contribution in [3.63, 3.8) is 0 Å². The summed E-state index contributed by atoms with van der Waals surface area (Å²) in [7, 11) is 0. The second kappa shape index (κ2) is 4.30. The molecule has 0 radical (unpaired) electrons. The number of rotatable bonds is 2. The summed E-state index contributed by atoms with van der Waals surface area (Å²) >= 11 is 0. The van der Waals surface area contributed by atoms with Gasteiger partial charge in [-0.1, -0.05) is 12.2 Å². The van der Waals surface area contributed by atoms with Crippen molar-refractivity contribution in [1.82, 2.24) is 4.68 Å². The highest BCUT2D eigenvalue weighted by Gasteiger charge is 2.41. The van der Waals surface area contributed by atoms with Gasteiger partial charge in [-0.25, -0.2) is 0 Å². The lowest BCUT2D eigenvalue weighted by Crippen LogP contribution is -1.93. The number of phenolic OH excluding ortho intramolecular Hbond substituents is 2. The largest absolute Gasteiger partial charge is 0.504 e. The van der Waals surface area contributed by atoms with Gasteiger partial charge in [0.1, 0.15) is 0 Å². The van der Waals surface area contributed by atoms with Gasteiger partial charge < -0.3 is 20.4 Å². The van der Waals surface area contributed by atoms with Crippen LogP contribution in [0.5, 0.6) is 23.3 Å². The monoisotopic (exact) mass is 298 g/mol. The average Bonchev–Trinajstić information content (AvgIpc) is 3.16. The van der Waals surface area contributed by atoms with Crippen LogP contribution in [0, 0.1) is 0 Å². The van der Waals surface area contributed by atoms with E-state index < -0.39 is 0 Å². The normalized spacial score (nSPS) is 21.8. The van der Waals surface area contributed by atoms with Crippen molar-refractivity contribution in [3.05, 3.63) is 47.0 Å². The van der Waals surface area contributed by atoms with Gasteiger partial charge in [-0.2, -0.15) is 9.78 Å². The predicted octanol–water partition coefficient (Wildman–Crippen LogP) is 2.33. The van der Waals surface area contributed by atoms with E-state index in [9.17, 15) is 20.4 Å². The first-order chi connectivity index (χ1) is 10.6. The highest BCUT2D eigenvalue weighted by Crippen LogP contribution is 2.56. The van der Waals surface area contributed by atoms with Gasteiger partial charge in [0, 0.05) is 23.0 Å². The van der Waals surface area contributed by atoms with Crippen LogP contribution < -0.4 is 0 Å². The van der Waals surface area contributed by atoms with Gasteiger partial charge in [-0.05, 0) is 30.2 Å². The minimum absolute atomic E-state index is 0.0522. The van der Waals surface area contributed by atoms with E-state index in [1.807, 2.05) is 12.2 Å². The third kappa shape index (κ3) is 1.64. The van der Waals surface area contributed by atoms with Crippen LogP contribution >= 0.6 is 0 Å². The van der Waals surface area contributed by atoms with E-state index in [0.29, 0.717) is 5.56 Å². The zero-order chi connectivity index (χ0) is 15.4. The van der Waals surface area contributed by atoms with Crippen LogP contribution in [-0.4, -0.2) is 31.3 Å². The fourth-order valence-corrected chi connectivity index (χ4v) is 3.28. The van der Waals surface area contributed by atoms with E-state index >= 15 is 0 Å². The Morgan fingerprint density at radius 2 is 1.59 bits per heavy atom. The van der Waals surface area contributed by atoms with Crippen LogP contribution in [0.4, 0.5) is 0 Å². The van der Waals surface area contributed by atoms with E-state index in [2.05, 4.69) is 5.10 Å². The van der Waals surface area contributed by atoms with E-state index in [1.165, 1.54) is 18.3 Å². The molecular weight excluding hydrogens is 284 g/mol. The van der Waals surface area contributed by atoms with Crippen molar-refractivity contribution in [1.29, 1.82) is 0 Å². The van der Waals surface area contributed by atoms with Crippen molar-refractivity contribution < 1.29 is 20.4 Å². The van der Waals surface area contributed by atoms with Crippen LogP contribution in [0.25, 0.3) is 0 Å². The second-order valence-corrected chi connectivity index (χ2v) is 5.61. The summed E-state index contributed by atoms with van der Waals surface area (Å²) in [5.74, 6) is -0.299. The number of benzene rings is 1. The van der Waals surface area contributed by atoms with Crippen LogP contribution in [-0.2, 0) is 0 Å². The Morgan fingerprint density at radius 1 is 0.955 bits per heavy atom. The summed E-state index contributed by atoms with van der Waals surface area (Å²) < 4.78 is 1.10. The molecule has 4 N–H and O–H groups in total. The van der Waals surface area contributed by atoms with Crippen molar-refractivity contribution in [2.75, 3.05) is 0 Å². The lowest BCUT2D eigenvalue weighted by atomic mass is 10.0. The quantitative estimate of drug-likeness (QED) is 0.388. The molecule has 22 heavy (non-hydrogen) atoms. The molecule has 0 saturated carbocycles. The topological polar surface area (TPSA) is 98.2 Å². The van der Waals surface area contributed by atoms with E-state index in [-0.39, 0.29) is 35.1 Å². The van der Waals surface area contributed by atoms with Gasteiger partial charge in [0.05, 0.1) is 6.21 Å². The Hall–Kier alpha value is -2.89. The fraction of sp³-hybridized carbons (Fsp3) is 0.188. The molecule has 0 spiro atoms. The first-order valence-corrected chi connectivity index (χ1v) is 6.97. The molecule has 112 valence electrons. The summed E-state index contributed by atoms with van der Waals surface area (Å²) in [6, 6.07) is 4.25. The van der Waals surface area contributed by atoms with Gasteiger partial charge in [-0.15, -0.1) is 0 Å². The smallest absolute Gasteiger partial charge is 0.219 e. The molecule has 6 nitrogen and oxygen atoms in total. The number of aromatic nitrogens is 1. The Bertz CT molecular complexity index is 800. The van der Waals surface area contributed by atoms with Crippen LogP contribution in [0.2, 0.25) is 0 Å². The third-order valence-electron chi connectivity index (χ3n) is 4.32. The first kappa shape index (κ1) is 12.8. The van der Waals surface area contributed by atoms with Gasteiger partial charge >= 0.3 is 0 Å². The molecule has 2 aromatic rings. The molecule has 0 saturated heterocycles. The molecule has 1 aromatic carbocycles. The number of hydrogen-bond donors (Lipinski definition) is 4. The molecule has 0 unspecified atom stereocenters. The molecule has 1 aromatic heterocycles. The minimum atomic E-state index is -0.255. The molecule has 2 aliphatic carbocycles. The summed E-state index contributed by atoms with van der Waals surface area (Å²) in [6.07, 6.45) is 6.36. The lowest BCUT2D eigenvalue weighted by molar-refractivity contribution is 0.377. The van der Waals surface area contributed by atoms with Crippen LogP contribution in [0.3, 0.4) is 0 Å². The standard InChI is InChI=1S/C16H14N2O4/c19-11-4-1-8(5-12(11)20)7-17-18-15(21)13-9-2-3-10(6-9)14(13)16(18)22/h1-5,7,9-10,19-22H,6H2/t9-,10+. The number of allylic oxidation sites excluding steroid dienone is 2. The minimum Gasteiger partial charge on any atom is -0.504 e. The molecule has 2 atom stereocenters. The first-order valence-electron chi connectivity index (χ1n) is 6.97. The summed E-state index contributed by atoms with van der Waals surface area (Å²) in [6.45, 7) is 0. The maximum atomic E-state index is 10.3. The highest BCUT2D eigenvalue weighted by molar-refractivity contribution is 5.81. The maximum absolute atomic E-state index is 10.3. The summed E-state index contributed by atoms with van der Waals surface area (Å²) in [4.78, 5) is 0. The Morgan fingerprint density at radius 3 is 2.18 bits per heavy atom. The molecule has 4 rings (SSSR count). The van der Waals surface area contributed by atoms with E-state index in [4.69, 9.17) is 0 Å². The maximum Gasteiger partial charge on any atom is 0.219 e. The summed E-state index contributed by atoms with van der Waals surface area (Å²) in [5.41, 5.74) is 2.02. The zero-order valence-electron chi connectivity index (χ0n) is 11.5. The molecule has 2 bridgehead atoms. The Balaban J connectivity index is 1.73. The predicted molar refractivity (Wildman–Crippen MR) is 79.8 cm³/mol. The van der Waals surface area contributed by atoms with E-state index in [1.54, 1.807) is 6.07 Å². The SMILES string of the molecule is Oc1ccc(C=Nn2c(O)c3c(c2O)[C@H]2C=C[C@@H]3C2)cc1O. The number of nitrogens with zero attached hydrogens (tertiary/aromatic N) is 2. The van der Waals surface area contributed by atoms with Gasteiger partial charge in [-0.3, -0.25) is 0 Å². The molecule has 0 amide bonds. The van der Waals surface area contributed by atoms with Crippen molar-refractivity contribution >= 4 is 6.21 Å². The highest BCUT2D eigenvalue weighted by atomic mass is 16.3. The summed E-state index contributed by atoms with van der Waals surface area (Å²) in [5, 5.41) is 43.4. The van der Waals surface area contributed by atoms with Gasteiger partial charge in [0.25, 0.3) is 0 Å². The average molecular weight is 298 g/mol. The van der Waals surface area contributed by atoms with Gasteiger partial charge in [0.15, 0.2) is 11.5 Å². The molecule has 0 fully saturated rings. The zero-order valence-corrected chi connectivity index (χ0v) is 11.5. The van der Waals surface area contributed by atoms with Crippen molar-refractivity contribution in [2.24, 2.45) is 5.10 Å². The lowest BCUT2D eigenvalue weighted by Gasteiger charge is -2.04. The van der Waals surface area contributed by atoms with Crippen molar-refractivity contribution in [2.45, 2.75) is 18.3 Å².